The van der Waals surface area contributed by atoms with Crippen LogP contribution in [0.15, 0.2) is 23.1 Å². The third-order valence-electron chi connectivity index (χ3n) is 2.31. The van der Waals surface area contributed by atoms with Crippen LogP contribution in [-0.2, 0) is 14.8 Å². The Bertz CT molecular complexity index is 606. The molecule has 1 amide bonds. The Morgan fingerprint density at radius 2 is 1.90 bits per heavy atom. The number of anilines is 2. The molecule has 0 radical (unpaired) electrons. The Labute approximate surface area is 118 Å². The lowest BCUT2D eigenvalue weighted by Crippen LogP contribution is -2.43. The predicted octanol–water partition coefficient (Wildman–Crippen LogP) is 0.243. The van der Waals surface area contributed by atoms with Crippen LogP contribution in [0.5, 0.6) is 0 Å². The van der Waals surface area contributed by atoms with Gasteiger partial charge >= 0.3 is 0 Å². The molecule has 1 aromatic rings. The lowest BCUT2D eigenvalue weighted by molar-refractivity contribution is -0.120. The molecule has 0 fully saturated rings. The molecule has 0 aliphatic heterocycles. The summed E-state index contributed by atoms with van der Waals surface area (Å²) < 4.78 is 22.3. The summed E-state index contributed by atoms with van der Waals surface area (Å²) >= 11 is 0. The van der Waals surface area contributed by atoms with E-state index >= 15 is 0 Å². The third-order valence-corrected chi connectivity index (χ3v) is 3.22. The van der Waals surface area contributed by atoms with E-state index in [0.717, 1.165) is 0 Å². The zero-order valence-corrected chi connectivity index (χ0v) is 12.5. The summed E-state index contributed by atoms with van der Waals surface area (Å²) in [6.45, 7) is 5.66. The summed E-state index contributed by atoms with van der Waals surface area (Å²) in [6.07, 6.45) is 0. The number of primary sulfonamides is 1. The lowest BCUT2D eigenvalue weighted by atomic mass is 10.1. The first-order valence-corrected chi connectivity index (χ1v) is 7.51. The van der Waals surface area contributed by atoms with Crippen LogP contribution in [0.1, 0.15) is 20.8 Å². The van der Waals surface area contributed by atoms with Gasteiger partial charge in [0.2, 0.25) is 15.9 Å². The number of hydrogen-bond donors (Lipinski definition) is 4. The number of rotatable bonds is 4. The van der Waals surface area contributed by atoms with Gasteiger partial charge in [0.05, 0.1) is 22.8 Å². The first kappa shape index (κ1) is 16.3. The largest absolute Gasteiger partial charge is 0.397 e. The first-order valence-electron chi connectivity index (χ1n) is 5.96. The monoisotopic (exact) mass is 300 g/mol. The Morgan fingerprint density at radius 3 is 2.35 bits per heavy atom. The van der Waals surface area contributed by atoms with Crippen LogP contribution in [0.3, 0.4) is 0 Å². The van der Waals surface area contributed by atoms with E-state index in [1.165, 1.54) is 18.2 Å². The molecule has 1 rings (SSSR count). The number of nitrogens with one attached hydrogen (secondary N) is 2. The average molecular weight is 300 g/mol. The van der Waals surface area contributed by atoms with Gasteiger partial charge in [0.25, 0.3) is 0 Å². The highest BCUT2D eigenvalue weighted by Gasteiger charge is 2.14. The van der Waals surface area contributed by atoms with Crippen molar-refractivity contribution in [1.82, 2.24) is 5.32 Å². The average Bonchev–Trinajstić information content (AvgIpc) is 2.23. The van der Waals surface area contributed by atoms with Crippen molar-refractivity contribution >= 4 is 27.3 Å². The van der Waals surface area contributed by atoms with E-state index in [-0.39, 0.29) is 28.6 Å². The number of amides is 1. The van der Waals surface area contributed by atoms with Crippen LogP contribution in [0.4, 0.5) is 11.4 Å². The Hall–Kier alpha value is -1.80. The van der Waals surface area contributed by atoms with E-state index in [1.807, 2.05) is 20.8 Å². The SMILES string of the molecule is CC(C)(C)NC(=O)CNc1ccc(S(N)(=O)=O)cc1N. The first-order chi connectivity index (χ1) is 8.99. The summed E-state index contributed by atoms with van der Waals surface area (Å²) in [5.74, 6) is -0.188. The summed E-state index contributed by atoms with van der Waals surface area (Å²) in [6, 6.07) is 4.05. The zero-order chi connectivity index (χ0) is 15.6. The van der Waals surface area contributed by atoms with E-state index in [0.29, 0.717) is 5.69 Å². The van der Waals surface area contributed by atoms with Crippen LogP contribution < -0.4 is 21.5 Å². The molecular formula is C12H20N4O3S. The fraction of sp³-hybridized carbons (Fsp3) is 0.417. The van der Waals surface area contributed by atoms with Crippen molar-refractivity contribution in [2.45, 2.75) is 31.2 Å². The summed E-state index contributed by atoms with van der Waals surface area (Å²) in [7, 11) is -3.78. The molecule has 0 unspecified atom stereocenters. The maximum atomic E-state index is 11.6. The lowest BCUT2D eigenvalue weighted by Gasteiger charge is -2.21. The Kier molecular flexibility index (Phi) is 4.61. The van der Waals surface area contributed by atoms with E-state index in [1.54, 1.807) is 0 Å². The van der Waals surface area contributed by atoms with Gasteiger partial charge < -0.3 is 16.4 Å². The number of nitrogen functional groups attached to an aromatic ring is 1. The highest BCUT2D eigenvalue weighted by molar-refractivity contribution is 7.89. The van der Waals surface area contributed by atoms with Gasteiger partial charge in [-0.2, -0.15) is 0 Å². The summed E-state index contributed by atoms with van der Waals surface area (Å²) in [5.41, 5.74) is 6.08. The zero-order valence-electron chi connectivity index (χ0n) is 11.7. The molecule has 0 aliphatic carbocycles. The van der Waals surface area contributed by atoms with Gasteiger partial charge in [-0.1, -0.05) is 0 Å². The van der Waals surface area contributed by atoms with Crippen molar-refractivity contribution in [2.75, 3.05) is 17.6 Å². The van der Waals surface area contributed by atoms with Gasteiger partial charge in [0.15, 0.2) is 0 Å². The third kappa shape index (κ3) is 5.06. The van der Waals surface area contributed by atoms with E-state index in [2.05, 4.69) is 10.6 Å². The van der Waals surface area contributed by atoms with Gasteiger partial charge in [-0.15, -0.1) is 0 Å². The van der Waals surface area contributed by atoms with Crippen LogP contribution in [0.25, 0.3) is 0 Å². The highest BCUT2D eigenvalue weighted by atomic mass is 32.2. The number of carbonyl (C=O) groups excluding carboxylic acids is 1. The molecule has 0 spiro atoms. The topological polar surface area (TPSA) is 127 Å². The molecule has 0 saturated heterocycles. The normalized spacial score (nSPS) is 12.0. The van der Waals surface area contributed by atoms with Crippen LogP contribution in [-0.4, -0.2) is 26.4 Å². The summed E-state index contributed by atoms with van der Waals surface area (Å²) in [4.78, 5) is 11.6. The molecule has 0 saturated carbocycles. The maximum Gasteiger partial charge on any atom is 0.239 e. The standard InChI is InChI=1S/C12H20N4O3S/c1-12(2,3)16-11(17)7-15-10-5-4-8(6-9(10)13)20(14,18)19/h4-6,15H,7,13H2,1-3H3,(H,16,17)(H2,14,18,19). The smallest absolute Gasteiger partial charge is 0.239 e. The van der Waals surface area contributed by atoms with Gasteiger partial charge in [-0.3, -0.25) is 4.79 Å². The molecule has 112 valence electrons. The molecule has 0 aromatic heterocycles. The van der Waals surface area contributed by atoms with Crippen molar-refractivity contribution in [3.63, 3.8) is 0 Å². The number of sulfonamides is 1. The van der Waals surface area contributed by atoms with Crippen molar-refractivity contribution in [3.8, 4) is 0 Å². The predicted molar refractivity (Wildman–Crippen MR) is 78.6 cm³/mol. The quantitative estimate of drug-likeness (QED) is 0.592. The minimum absolute atomic E-state index is 0.0379. The number of nitrogens with two attached hydrogens (primary N) is 2. The second kappa shape index (κ2) is 5.68. The maximum absolute atomic E-state index is 11.6. The fourth-order valence-electron chi connectivity index (χ4n) is 1.52. The second-order valence-corrected chi connectivity index (χ2v) is 7.01. The van der Waals surface area contributed by atoms with Gasteiger partial charge in [0.1, 0.15) is 0 Å². The van der Waals surface area contributed by atoms with Gasteiger partial charge in [-0.05, 0) is 39.0 Å². The van der Waals surface area contributed by atoms with Crippen molar-refractivity contribution < 1.29 is 13.2 Å². The van der Waals surface area contributed by atoms with Crippen molar-refractivity contribution in [2.24, 2.45) is 5.14 Å². The van der Waals surface area contributed by atoms with Gasteiger partial charge in [-0.25, -0.2) is 13.6 Å². The molecule has 0 heterocycles. The number of hydrogen-bond acceptors (Lipinski definition) is 5. The minimum Gasteiger partial charge on any atom is -0.397 e. The van der Waals surface area contributed by atoms with Gasteiger partial charge in [0, 0.05) is 5.54 Å². The highest BCUT2D eigenvalue weighted by Crippen LogP contribution is 2.21. The molecule has 0 atom stereocenters. The van der Waals surface area contributed by atoms with Crippen LogP contribution >= 0.6 is 0 Å². The van der Waals surface area contributed by atoms with E-state index < -0.39 is 10.0 Å². The number of carbonyl (C=O) groups is 1. The second-order valence-electron chi connectivity index (χ2n) is 5.45. The molecular weight excluding hydrogens is 280 g/mol. The van der Waals surface area contributed by atoms with E-state index in [4.69, 9.17) is 10.9 Å². The fourth-order valence-corrected chi connectivity index (χ4v) is 2.07. The van der Waals surface area contributed by atoms with Crippen molar-refractivity contribution in [1.29, 1.82) is 0 Å². The molecule has 0 bridgehead atoms. The van der Waals surface area contributed by atoms with Crippen LogP contribution in [0.2, 0.25) is 0 Å². The molecule has 0 aliphatic rings. The Balaban J connectivity index is 2.73. The van der Waals surface area contributed by atoms with E-state index in [9.17, 15) is 13.2 Å². The molecule has 6 N–H and O–H groups in total. The van der Waals surface area contributed by atoms with Crippen LogP contribution in [0, 0.1) is 0 Å². The molecule has 1 aromatic carbocycles. The minimum atomic E-state index is -3.78. The Morgan fingerprint density at radius 1 is 1.30 bits per heavy atom. The number of benzene rings is 1. The molecule has 7 nitrogen and oxygen atoms in total. The molecule has 20 heavy (non-hydrogen) atoms. The summed E-state index contributed by atoms with van der Waals surface area (Å²) in [5, 5.41) is 10.6. The van der Waals surface area contributed by atoms with Crippen molar-refractivity contribution in [3.05, 3.63) is 18.2 Å². The molecule has 8 heteroatoms.